The van der Waals surface area contributed by atoms with E-state index in [-0.39, 0.29) is 6.61 Å². The van der Waals surface area contributed by atoms with Crippen molar-refractivity contribution in [3.05, 3.63) is 23.5 Å². The predicted molar refractivity (Wildman–Crippen MR) is 72.9 cm³/mol. The molecule has 0 amide bonds. The summed E-state index contributed by atoms with van der Waals surface area (Å²) in [6.07, 6.45) is 2.67. The van der Waals surface area contributed by atoms with E-state index < -0.39 is 0 Å². The molecule has 0 aliphatic heterocycles. The van der Waals surface area contributed by atoms with Crippen LogP contribution in [-0.4, -0.2) is 42.8 Å². The van der Waals surface area contributed by atoms with Crippen molar-refractivity contribution in [1.82, 2.24) is 4.98 Å². The van der Waals surface area contributed by atoms with Crippen molar-refractivity contribution in [2.24, 2.45) is 0 Å². The van der Waals surface area contributed by atoms with E-state index in [1.165, 1.54) is 0 Å². The zero-order valence-corrected chi connectivity index (χ0v) is 11.8. The number of ether oxygens (including phenoxy) is 2. The van der Waals surface area contributed by atoms with E-state index in [2.05, 4.69) is 4.98 Å². The minimum Gasteiger partial charge on any atom is -0.390 e. The maximum Gasteiger partial charge on any atom is 0.0856 e. The van der Waals surface area contributed by atoms with Gasteiger partial charge in [-0.05, 0) is 25.0 Å². The second-order valence-corrected chi connectivity index (χ2v) is 4.98. The van der Waals surface area contributed by atoms with E-state index in [1.54, 1.807) is 25.1 Å². The number of thioether (sulfide) groups is 1. The average molecular weight is 271 g/mol. The monoisotopic (exact) mass is 271 g/mol. The quantitative estimate of drug-likeness (QED) is 0.550. The molecule has 0 radical (unpaired) electrons. The largest absolute Gasteiger partial charge is 0.390 e. The van der Waals surface area contributed by atoms with Crippen molar-refractivity contribution in [2.75, 3.05) is 32.7 Å². The van der Waals surface area contributed by atoms with E-state index in [1.807, 2.05) is 13.0 Å². The maximum absolute atomic E-state index is 9.13. The zero-order chi connectivity index (χ0) is 13.2. The van der Waals surface area contributed by atoms with Crippen LogP contribution in [0.4, 0.5) is 0 Å². The third-order valence-electron chi connectivity index (χ3n) is 2.53. The topological polar surface area (TPSA) is 51.6 Å². The van der Waals surface area contributed by atoms with Crippen LogP contribution < -0.4 is 0 Å². The number of rotatable bonds is 9. The van der Waals surface area contributed by atoms with Crippen LogP contribution in [0.2, 0.25) is 0 Å². The Balaban J connectivity index is 2.23. The van der Waals surface area contributed by atoms with Gasteiger partial charge in [-0.2, -0.15) is 0 Å². The van der Waals surface area contributed by atoms with Crippen molar-refractivity contribution in [1.29, 1.82) is 0 Å². The van der Waals surface area contributed by atoms with E-state index >= 15 is 0 Å². The van der Waals surface area contributed by atoms with Crippen LogP contribution in [0.3, 0.4) is 0 Å². The summed E-state index contributed by atoms with van der Waals surface area (Å²) in [6.45, 7) is 4.20. The van der Waals surface area contributed by atoms with Crippen molar-refractivity contribution in [3.63, 3.8) is 0 Å². The Labute approximate surface area is 113 Å². The molecule has 0 saturated carbocycles. The minimum atomic E-state index is -0.00620. The number of hydrogen-bond donors (Lipinski definition) is 1. The van der Waals surface area contributed by atoms with Crippen molar-refractivity contribution in [2.45, 2.75) is 24.8 Å². The van der Waals surface area contributed by atoms with Crippen molar-refractivity contribution in [3.8, 4) is 0 Å². The third-order valence-corrected chi connectivity index (χ3v) is 3.65. The Kier molecular flexibility index (Phi) is 8.00. The van der Waals surface area contributed by atoms with Crippen LogP contribution in [0.15, 0.2) is 17.2 Å². The third kappa shape index (κ3) is 5.35. The summed E-state index contributed by atoms with van der Waals surface area (Å²) in [5, 5.41) is 9.13. The number of nitrogens with zero attached hydrogens (tertiary/aromatic N) is 1. The van der Waals surface area contributed by atoms with Gasteiger partial charge >= 0.3 is 0 Å². The second kappa shape index (κ2) is 9.33. The lowest BCUT2D eigenvalue weighted by atomic mass is 10.2. The van der Waals surface area contributed by atoms with Crippen LogP contribution in [0.25, 0.3) is 0 Å². The number of aliphatic hydroxyl groups excluding tert-OH is 1. The first-order chi connectivity index (χ1) is 8.79. The summed E-state index contributed by atoms with van der Waals surface area (Å²) in [5.41, 5.74) is 1.81. The first kappa shape index (κ1) is 15.4. The molecule has 0 aliphatic rings. The second-order valence-electron chi connectivity index (χ2n) is 3.85. The normalized spacial score (nSPS) is 10.8. The fourth-order valence-corrected chi connectivity index (χ4v) is 2.41. The first-order valence-corrected chi connectivity index (χ1v) is 7.03. The highest BCUT2D eigenvalue weighted by atomic mass is 32.2. The summed E-state index contributed by atoms with van der Waals surface area (Å²) in [6, 6.07) is 1.98. The highest BCUT2D eigenvalue weighted by molar-refractivity contribution is 7.99. The van der Waals surface area contributed by atoms with Crippen LogP contribution in [-0.2, 0) is 16.1 Å². The molecule has 102 valence electrons. The number of pyridine rings is 1. The fourth-order valence-electron chi connectivity index (χ4n) is 1.49. The van der Waals surface area contributed by atoms with Gasteiger partial charge < -0.3 is 14.6 Å². The molecule has 1 aromatic heterocycles. The smallest absolute Gasteiger partial charge is 0.0856 e. The molecular formula is C13H21NO3S. The molecule has 4 nitrogen and oxygen atoms in total. The first-order valence-electron chi connectivity index (χ1n) is 6.04. The molecule has 0 aromatic carbocycles. The number of methoxy groups -OCH3 is 1. The molecule has 0 aliphatic carbocycles. The van der Waals surface area contributed by atoms with E-state index in [0.29, 0.717) is 0 Å². The van der Waals surface area contributed by atoms with Gasteiger partial charge in [0.15, 0.2) is 0 Å². The molecule has 0 saturated heterocycles. The van der Waals surface area contributed by atoms with Gasteiger partial charge in [-0.25, -0.2) is 0 Å². The van der Waals surface area contributed by atoms with Crippen molar-refractivity contribution < 1.29 is 14.6 Å². The summed E-state index contributed by atoms with van der Waals surface area (Å²) in [4.78, 5) is 5.29. The molecule has 1 rings (SSSR count). The predicted octanol–water partition coefficient (Wildman–Crippen LogP) is 2.03. The Bertz CT molecular complexity index is 347. The summed E-state index contributed by atoms with van der Waals surface area (Å²) in [7, 11) is 1.70. The molecule has 1 heterocycles. The van der Waals surface area contributed by atoms with Gasteiger partial charge in [0.1, 0.15) is 0 Å². The lowest BCUT2D eigenvalue weighted by Crippen LogP contribution is -2.02. The summed E-state index contributed by atoms with van der Waals surface area (Å²) < 4.78 is 10.4. The van der Waals surface area contributed by atoms with Crippen LogP contribution in [0.5, 0.6) is 0 Å². The van der Waals surface area contributed by atoms with Gasteiger partial charge in [0.2, 0.25) is 0 Å². The van der Waals surface area contributed by atoms with Gasteiger partial charge in [-0.3, -0.25) is 4.98 Å². The molecule has 0 unspecified atom stereocenters. The molecular weight excluding hydrogens is 250 g/mol. The number of aromatic nitrogens is 1. The Morgan fingerprint density at radius 1 is 1.33 bits per heavy atom. The highest BCUT2D eigenvalue weighted by Gasteiger charge is 2.04. The molecule has 1 N–H and O–H groups in total. The molecule has 0 spiro atoms. The van der Waals surface area contributed by atoms with Crippen LogP contribution >= 0.6 is 11.8 Å². The van der Waals surface area contributed by atoms with Gasteiger partial charge in [-0.1, -0.05) is 0 Å². The van der Waals surface area contributed by atoms with Gasteiger partial charge in [0, 0.05) is 37.2 Å². The van der Waals surface area contributed by atoms with Gasteiger partial charge in [-0.15, -0.1) is 11.8 Å². The molecule has 5 heteroatoms. The molecule has 1 aromatic rings. The number of hydrogen-bond acceptors (Lipinski definition) is 5. The SMILES string of the molecule is COCCCOCCSc1ccnc(CO)c1C. The molecule has 0 fully saturated rings. The Morgan fingerprint density at radius 2 is 2.17 bits per heavy atom. The average Bonchev–Trinajstić information content (AvgIpc) is 2.39. The lowest BCUT2D eigenvalue weighted by Gasteiger charge is -2.08. The van der Waals surface area contributed by atoms with Gasteiger partial charge in [0.05, 0.1) is 18.9 Å². The van der Waals surface area contributed by atoms with E-state index in [4.69, 9.17) is 14.6 Å². The summed E-state index contributed by atoms with van der Waals surface area (Å²) in [5.74, 6) is 0.905. The molecule has 0 atom stereocenters. The van der Waals surface area contributed by atoms with E-state index in [0.717, 1.165) is 48.1 Å². The van der Waals surface area contributed by atoms with Crippen LogP contribution in [0.1, 0.15) is 17.7 Å². The standard InChI is InChI=1S/C13H21NO3S/c1-11-12(10-15)14-5-4-13(11)18-9-8-17-7-3-6-16-2/h4-5,15H,3,6-10H2,1-2H3. The minimum absolute atomic E-state index is 0.00620. The molecule has 0 bridgehead atoms. The summed E-state index contributed by atoms with van der Waals surface area (Å²) >= 11 is 1.73. The van der Waals surface area contributed by atoms with Crippen LogP contribution in [0, 0.1) is 6.92 Å². The lowest BCUT2D eigenvalue weighted by molar-refractivity contribution is 0.113. The molecule has 18 heavy (non-hydrogen) atoms. The number of aliphatic hydroxyl groups is 1. The van der Waals surface area contributed by atoms with Gasteiger partial charge in [0.25, 0.3) is 0 Å². The zero-order valence-electron chi connectivity index (χ0n) is 11.0. The Morgan fingerprint density at radius 3 is 2.89 bits per heavy atom. The highest BCUT2D eigenvalue weighted by Crippen LogP contribution is 2.23. The fraction of sp³-hybridized carbons (Fsp3) is 0.615. The Hall–Kier alpha value is -0.620. The maximum atomic E-state index is 9.13. The van der Waals surface area contributed by atoms with E-state index in [9.17, 15) is 0 Å². The van der Waals surface area contributed by atoms with Crippen molar-refractivity contribution >= 4 is 11.8 Å².